The Bertz CT molecular complexity index is 2910. The summed E-state index contributed by atoms with van der Waals surface area (Å²) in [7, 11) is 0. The Labute approximate surface area is 322 Å². The van der Waals surface area contributed by atoms with Crippen LogP contribution in [0.25, 0.3) is 72.8 Å². The van der Waals surface area contributed by atoms with E-state index in [-0.39, 0.29) is 5.41 Å². The molecule has 256 valence electrons. The Balaban J connectivity index is 1.06. The van der Waals surface area contributed by atoms with E-state index in [2.05, 4.69) is 115 Å². The molecule has 1 aliphatic carbocycles. The van der Waals surface area contributed by atoms with E-state index in [0.29, 0.717) is 17.6 Å². The first-order chi connectivity index (χ1) is 26.5. The van der Waals surface area contributed by atoms with Crippen LogP contribution in [0.2, 0.25) is 0 Å². The van der Waals surface area contributed by atoms with Crippen molar-refractivity contribution in [1.82, 2.24) is 19.5 Å². The van der Waals surface area contributed by atoms with Crippen molar-refractivity contribution in [2.24, 2.45) is 0 Å². The molecule has 6 heteroatoms. The normalized spacial score (nSPS) is 13.7. The Morgan fingerprint density at radius 1 is 0.426 bits per heavy atom. The highest BCUT2D eigenvalue weighted by Gasteiger charge is 2.37. The second-order valence-electron chi connectivity index (χ2n) is 14.5. The van der Waals surface area contributed by atoms with Gasteiger partial charge in [0.15, 0.2) is 11.6 Å². The van der Waals surface area contributed by atoms with E-state index in [1.165, 1.54) is 53.0 Å². The van der Waals surface area contributed by atoms with Crippen molar-refractivity contribution in [3.8, 4) is 51.0 Å². The molecule has 4 nitrogen and oxygen atoms in total. The van der Waals surface area contributed by atoms with Crippen LogP contribution in [-0.4, -0.2) is 19.5 Å². The SMILES string of the molecule is CC1(C)c2ccc(-c3ccc4c(c3)c3ccccc3n4-c3nc(-c4ccccc4)nc(-c4ccccc4)n3)cc2-c2cc3c(cc21)Sc1ccccc1S3. The maximum Gasteiger partial charge on any atom is 0.238 e. The molecular weight excluding hydrogens is 697 g/mol. The summed E-state index contributed by atoms with van der Waals surface area (Å²) in [6, 6.07) is 56.4. The first-order valence-corrected chi connectivity index (χ1v) is 19.8. The molecule has 0 bridgehead atoms. The Morgan fingerprint density at radius 2 is 0.981 bits per heavy atom. The summed E-state index contributed by atoms with van der Waals surface area (Å²) < 4.78 is 2.19. The van der Waals surface area contributed by atoms with Crippen molar-refractivity contribution in [1.29, 1.82) is 0 Å². The minimum atomic E-state index is -0.0838. The summed E-state index contributed by atoms with van der Waals surface area (Å²) in [6.07, 6.45) is 0. The number of benzene rings is 7. The Hall–Kier alpha value is -5.95. The molecule has 0 fully saturated rings. The van der Waals surface area contributed by atoms with Gasteiger partial charge in [-0.05, 0) is 81.9 Å². The lowest BCUT2D eigenvalue weighted by molar-refractivity contribution is 0.657. The molecule has 0 unspecified atom stereocenters. The van der Waals surface area contributed by atoms with Crippen molar-refractivity contribution in [3.63, 3.8) is 0 Å². The summed E-state index contributed by atoms with van der Waals surface area (Å²) in [5.41, 5.74) is 11.8. The van der Waals surface area contributed by atoms with E-state index in [1.54, 1.807) is 0 Å². The standard InChI is InChI=1S/C48H32N4S2/c1-48(2)37-23-21-31(25-34(37)35-27-43-44(28-38(35)48)54-42-20-12-11-19-41(42)53-43)32-22-24-40-36(26-32)33-17-9-10-18-39(33)52(40)47-50-45(29-13-5-3-6-14-29)49-46(51-47)30-15-7-4-8-16-30/h3-28H,1-2H3. The highest BCUT2D eigenvalue weighted by atomic mass is 32.2. The molecule has 0 N–H and O–H groups in total. The monoisotopic (exact) mass is 728 g/mol. The molecule has 0 atom stereocenters. The number of nitrogens with zero attached hydrogens (tertiary/aromatic N) is 4. The van der Waals surface area contributed by atoms with Gasteiger partial charge < -0.3 is 0 Å². The number of hydrogen-bond acceptors (Lipinski definition) is 5. The fourth-order valence-electron chi connectivity index (χ4n) is 8.22. The number of fused-ring (bicyclic) bond motifs is 8. The zero-order chi connectivity index (χ0) is 36.0. The quantitative estimate of drug-likeness (QED) is 0.180. The molecule has 9 aromatic rings. The molecule has 0 saturated carbocycles. The molecule has 2 aliphatic rings. The first kappa shape index (κ1) is 31.6. The van der Waals surface area contributed by atoms with Gasteiger partial charge in [0.05, 0.1) is 11.0 Å². The summed E-state index contributed by atoms with van der Waals surface area (Å²) in [6.45, 7) is 4.74. The Morgan fingerprint density at radius 3 is 1.69 bits per heavy atom. The van der Waals surface area contributed by atoms with E-state index in [9.17, 15) is 0 Å². The van der Waals surface area contributed by atoms with Crippen LogP contribution in [0.5, 0.6) is 0 Å². The number of aromatic nitrogens is 4. The van der Waals surface area contributed by atoms with Crippen molar-refractivity contribution in [2.75, 3.05) is 0 Å². The number of para-hydroxylation sites is 1. The van der Waals surface area contributed by atoms with Crippen LogP contribution in [0.4, 0.5) is 0 Å². The first-order valence-electron chi connectivity index (χ1n) is 18.2. The third kappa shape index (κ3) is 4.90. The topological polar surface area (TPSA) is 43.6 Å². The molecular formula is C48H32N4S2. The van der Waals surface area contributed by atoms with Crippen LogP contribution >= 0.6 is 23.5 Å². The van der Waals surface area contributed by atoms with Crippen LogP contribution in [0.15, 0.2) is 177 Å². The lowest BCUT2D eigenvalue weighted by Crippen LogP contribution is -2.15. The maximum absolute atomic E-state index is 5.11. The van der Waals surface area contributed by atoms with Crippen molar-refractivity contribution in [2.45, 2.75) is 38.8 Å². The minimum absolute atomic E-state index is 0.0838. The average molecular weight is 729 g/mol. The number of rotatable bonds is 4. The van der Waals surface area contributed by atoms with Gasteiger partial charge in [-0.2, -0.15) is 9.97 Å². The highest BCUT2D eigenvalue weighted by molar-refractivity contribution is 8.05. The maximum atomic E-state index is 5.11. The molecule has 11 rings (SSSR count). The van der Waals surface area contributed by atoms with Crippen LogP contribution in [0.3, 0.4) is 0 Å². The second kappa shape index (κ2) is 12.0. The van der Waals surface area contributed by atoms with Gasteiger partial charge in [0.25, 0.3) is 0 Å². The van der Waals surface area contributed by atoms with Gasteiger partial charge in [-0.1, -0.05) is 147 Å². The number of hydrogen-bond donors (Lipinski definition) is 0. The second-order valence-corrected chi connectivity index (χ2v) is 16.6. The van der Waals surface area contributed by atoms with Crippen molar-refractivity contribution >= 4 is 45.3 Å². The van der Waals surface area contributed by atoms with E-state index in [0.717, 1.165) is 32.9 Å². The lowest BCUT2D eigenvalue weighted by atomic mass is 9.82. The summed E-state index contributed by atoms with van der Waals surface area (Å²) in [4.78, 5) is 20.5. The third-order valence-electron chi connectivity index (χ3n) is 10.9. The van der Waals surface area contributed by atoms with Gasteiger partial charge in [0, 0.05) is 46.9 Å². The van der Waals surface area contributed by atoms with E-state index in [4.69, 9.17) is 15.0 Å². The molecule has 0 radical (unpaired) electrons. The molecule has 2 aromatic heterocycles. The van der Waals surface area contributed by atoms with Gasteiger partial charge in [0.2, 0.25) is 5.95 Å². The summed E-state index contributed by atoms with van der Waals surface area (Å²) in [5.74, 6) is 1.89. The molecule has 0 saturated heterocycles. The fraction of sp³-hybridized carbons (Fsp3) is 0.0625. The van der Waals surface area contributed by atoms with Crippen molar-refractivity contribution < 1.29 is 0 Å². The molecule has 7 aromatic carbocycles. The summed E-state index contributed by atoms with van der Waals surface area (Å²) in [5, 5.41) is 2.32. The van der Waals surface area contributed by atoms with Gasteiger partial charge in [-0.15, -0.1) is 0 Å². The van der Waals surface area contributed by atoms with Crippen LogP contribution in [0, 0.1) is 0 Å². The van der Waals surface area contributed by atoms with E-state index in [1.807, 2.05) is 84.2 Å². The molecule has 54 heavy (non-hydrogen) atoms. The van der Waals surface area contributed by atoms with E-state index >= 15 is 0 Å². The van der Waals surface area contributed by atoms with Crippen LogP contribution in [0.1, 0.15) is 25.0 Å². The van der Waals surface area contributed by atoms with E-state index < -0.39 is 0 Å². The Kier molecular flexibility index (Phi) is 7.04. The van der Waals surface area contributed by atoms with Gasteiger partial charge in [-0.3, -0.25) is 4.57 Å². The predicted molar refractivity (Wildman–Crippen MR) is 223 cm³/mol. The minimum Gasteiger partial charge on any atom is -0.278 e. The van der Waals surface area contributed by atoms with Crippen LogP contribution < -0.4 is 0 Å². The third-order valence-corrected chi connectivity index (χ3v) is 13.4. The van der Waals surface area contributed by atoms with Gasteiger partial charge >= 0.3 is 0 Å². The largest absolute Gasteiger partial charge is 0.278 e. The smallest absolute Gasteiger partial charge is 0.238 e. The lowest BCUT2D eigenvalue weighted by Gasteiger charge is -2.24. The predicted octanol–water partition coefficient (Wildman–Crippen LogP) is 12.9. The fourth-order valence-corrected chi connectivity index (χ4v) is 10.5. The van der Waals surface area contributed by atoms with Gasteiger partial charge in [0.1, 0.15) is 0 Å². The van der Waals surface area contributed by atoms with Crippen molar-refractivity contribution in [3.05, 3.63) is 169 Å². The molecule has 0 amide bonds. The van der Waals surface area contributed by atoms with Gasteiger partial charge in [-0.25, -0.2) is 4.98 Å². The summed E-state index contributed by atoms with van der Waals surface area (Å²) >= 11 is 3.78. The molecule has 1 aliphatic heterocycles. The zero-order valence-corrected chi connectivity index (χ0v) is 31.2. The molecule has 3 heterocycles. The average Bonchev–Trinajstić information content (AvgIpc) is 3.67. The highest BCUT2D eigenvalue weighted by Crippen LogP contribution is 2.56. The zero-order valence-electron chi connectivity index (χ0n) is 29.6. The van der Waals surface area contributed by atoms with Crippen LogP contribution in [-0.2, 0) is 5.41 Å². The molecule has 0 spiro atoms.